The number of aryl methyl sites for hydroxylation is 1. The predicted octanol–water partition coefficient (Wildman–Crippen LogP) is 1.22. The Kier molecular flexibility index (Phi) is 2.59. The van der Waals surface area contributed by atoms with Crippen LogP contribution in [0.25, 0.3) is 0 Å². The van der Waals surface area contributed by atoms with E-state index in [1.807, 2.05) is 17.0 Å². The van der Waals surface area contributed by atoms with Gasteiger partial charge in [-0.15, -0.1) is 12.4 Å². The minimum Gasteiger partial charge on any atom is -0.351 e. The number of nitrogens with zero attached hydrogens (tertiary/aromatic N) is 2. The van der Waals surface area contributed by atoms with E-state index in [0.29, 0.717) is 12.5 Å². The lowest BCUT2D eigenvalue weighted by atomic mass is 10.0. The second-order valence-electron chi connectivity index (χ2n) is 3.84. The third-order valence-corrected chi connectivity index (χ3v) is 2.88. The first kappa shape index (κ1) is 11.0. The zero-order valence-corrected chi connectivity index (χ0v) is 9.67. The van der Waals surface area contributed by atoms with Gasteiger partial charge in [0.15, 0.2) is 0 Å². The summed E-state index contributed by atoms with van der Waals surface area (Å²) in [6.07, 6.45) is 0. The number of rotatable bonds is 0. The Morgan fingerprint density at radius 2 is 2.25 bits per heavy atom. The summed E-state index contributed by atoms with van der Waals surface area (Å²) in [6.45, 7) is 3.20. The second-order valence-corrected chi connectivity index (χ2v) is 3.84. The third-order valence-electron chi connectivity index (χ3n) is 2.88. The van der Waals surface area contributed by atoms with Crippen LogP contribution in [0.1, 0.15) is 11.1 Å². The zero-order chi connectivity index (χ0) is 10.4. The topological polar surface area (TPSA) is 44.7 Å². The Bertz CT molecular complexity index is 484. The van der Waals surface area contributed by atoms with Crippen LogP contribution in [0.15, 0.2) is 23.2 Å². The molecule has 0 atom stereocenters. The van der Waals surface area contributed by atoms with E-state index in [9.17, 15) is 4.79 Å². The summed E-state index contributed by atoms with van der Waals surface area (Å²) in [5, 5.41) is 3.16. The van der Waals surface area contributed by atoms with Crippen molar-refractivity contribution in [2.45, 2.75) is 13.5 Å². The average Bonchev–Trinajstić information content (AvgIpc) is 2.59. The highest BCUT2D eigenvalue weighted by Gasteiger charge is 2.29. The van der Waals surface area contributed by atoms with Crippen molar-refractivity contribution in [1.82, 2.24) is 5.32 Å². The lowest BCUT2D eigenvalue weighted by Gasteiger charge is -2.29. The number of guanidine groups is 1. The molecule has 0 aromatic heterocycles. The van der Waals surface area contributed by atoms with Gasteiger partial charge in [-0.2, -0.15) is 4.99 Å². The molecule has 2 aliphatic heterocycles. The first-order valence-electron chi connectivity index (χ1n) is 4.97. The number of hydrogen-bond acceptors (Lipinski definition) is 3. The number of benzene rings is 1. The van der Waals surface area contributed by atoms with Gasteiger partial charge < -0.3 is 10.2 Å². The molecule has 1 amide bonds. The summed E-state index contributed by atoms with van der Waals surface area (Å²) in [7, 11) is 0. The van der Waals surface area contributed by atoms with Crippen LogP contribution in [0.3, 0.4) is 0 Å². The molecule has 0 spiro atoms. The smallest absolute Gasteiger partial charge is 0.268 e. The van der Waals surface area contributed by atoms with Gasteiger partial charge in [0, 0.05) is 12.2 Å². The van der Waals surface area contributed by atoms with E-state index >= 15 is 0 Å². The Hall–Kier alpha value is -1.55. The Morgan fingerprint density at radius 3 is 3.06 bits per heavy atom. The van der Waals surface area contributed by atoms with Crippen LogP contribution in [0.4, 0.5) is 5.69 Å². The monoisotopic (exact) mass is 237 g/mol. The highest BCUT2D eigenvalue weighted by molar-refractivity contribution is 6.12. The number of fused-ring (bicyclic) bond motifs is 3. The molecule has 16 heavy (non-hydrogen) atoms. The van der Waals surface area contributed by atoms with Crippen molar-refractivity contribution in [3.05, 3.63) is 29.3 Å². The summed E-state index contributed by atoms with van der Waals surface area (Å²) >= 11 is 0. The maximum atomic E-state index is 11.2. The summed E-state index contributed by atoms with van der Waals surface area (Å²) < 4.78 is 0. The number of carbonyl (C=O) groups excluding carboxylic acids is 1. The van der Waals surface area contributed by atoms with Crippen molar-refractivity contribution in [2.75, 3.05) is 11.4 Å². The van der Waals surface area contributed by atoms with Crippen LogP contribution < -0.4 is 10.2 Å². The molecule has 5 heteroatoms. The largest absolute Gasteiger partial charge is 0.351 e. The molecule has 0 bridgehead atoms. The van der Waals surface area contributed by atoms with Crippen molar-refractivity contribution in [3.63, 3.8) is 0 Å². The lowest BCUT2D eigenvalue weighted by molar-refractivity contribution is -0.115. The highest BCUT2D eigenvalue weighted by Crippen LogP contribution is 2.28. The van der Waals surface area contributed by atoms with Crippen molar-refractivity contribution >= 4 is 30.0 Å². The number of halogens is 1. The fourth-order valence-corrected chi connectivity index (χ4v) is 2.10. The normalized spacial score (nSPS) is 16.9. The zero-order valence-electron chi connectivity index (χ0n) is 8.86. The average molecular weight is 238 g/mol. The molecule has 1 aromatic carbocycles. The Morgan fingerprint density at radius 1 is 1.44 bits per heavy atom. The Balaban J connectivity index is 0.000000963. The van der Waals surface area contributed by atoms with Crippen LogP contribution in [-0.4, -0.2) is 18.4 Å². The van der Waals surface area contributed by atoms with E-state index in [0.717, 1.165) is 12.2 Å². The van der Waals surface area contributed by atoms with E-state index in [1.54, 1.807) is 0 Å². The quantitative estimate of drug-likeness (QED) is 0.738. The fourth-order valence-electron chi connectivity index (χ4n) is 2.10. The molecule has 0 radical (unpaired) electrons. The molecule has 0 saturated heterocycles. The van der Waals surface area contributed by atoms with Crippen LogP contribution >= 0.6 is 12.4 Å². The lowest BCUT2D eigenvalue weighted by Crippen LogP contribution is -2.43. The second kappa shape index (κ2) is 3.79. The summed E-state index contributed by atoms with van der Waals surface area (Å²) in [6, 6.07) is 6.14. The van der Waals surface area contributed by atoms with Gasteiger partial charge in [0.25, 0.3) is 5.91 Å². The number of amides is 1. The number of hydrogen-bond donors (Lipinski definition) is 1. The van der Waals surface area contributed by atoms with Crippen LogP contribution in [0.5, 0.6) is 0 Å². The standard InChI is InChI=1S/C11H11N3O.ClH/c1-7-3-2-4-9-8(7)5-12-11-13-10(15)6-14(9)11;/h2-4H,5-6H2,1H3,(H,12,13,15);1H. The molecule has 1 N–H and O–H groups in total. The molecule has 0 unspecified atom stereocenters. The molecule has 3 rings (SSSR count). The molecule has 0 aliphatic carbocycles. The van der Waals surface area contributed by atoms with Crippen molar-refractivity contribution < 1.29 is 4.79 Å². The van der Waals surface area contributed by atoms with E-state index in [1.165, 1.54) is 11.1 Å². The van der Waals surface area contributed by atoms with E-state index in [2.05, 4.69) is 23.3 Å². The van der Waals surface area contributed by atoms with Gasteiger partial charge in [0.2, 0.25) is 5.96 Å². The van der Waals surface area contributed by atoms with Gasteiger partial charge in [0.1, 0.15) is 6.54 Å². The van der Waals surface area contributed by atoms with Gasteiger partial charge in [-0.1, -0.05) is 12.1 Å². The minimum absolute atomic E-state index is 0. The van der Waals surface area contributed by atoms with Crippen molar-refractivity contribution in [3.8, 4) is 0 Å². The fraction of sp³-hybridized carbons (Fsp3) is 0.273. The van der Waals surface area contributed by atoms with Gasteiger partial charge in [-0.05, 0) is 24.1 Å². The van der Waals surface area contributed by atoms with E-state index in [4.69, 9.17) is 0 Å². The maximum absolute atomic E-state index is 11.2. The SMILES string of the molecule is Cc1cccc2c1CNC1=NC(=O)CN12.Cl. The van der Waals surface area contributed by atoms with Crippen molar-refractivity contribution in [2.24, 2.45) is 4.99 Å². The van der Waals surface area contributed by atoms with Gasteiger partial charge >= 0.3 is 0 Å². The number of aliphatic imine (C=N–C) groups is 1. The predicted molar refractivity (Wildman–Crippen MR) is 65.1 cm³/mol. The van der Waals surface area contributed by atoms with Crippen LogP contribution in [0.2, 0.25) is 0 Å². The van der Waals surface area contributed by atoms with Crippen LogP contribution in [-0.2, 0) is 11.3 Å². The van der Waals surface area contributed by atoms with Gasteiger partial charge in [-0.25, -0.2) is 0 Å². The minimum atomic E-state index is -0.0770. The molecule has 84 valence electrons. The first-order chi connectivity index (χ1) is 7.25. The number of carbonyl (C=O) groups is 1. The molecular formula is C11H12ClN3O. The molecule has 4 nitrogen and oxygen atoms in total. The molecule has 2 heterocycles. The van der Waals surface area contributed by atoms with E-state index < -0.39 is 0 Å². The van der Waals surface area contributed by atoms with Gasteiger partial charge in [0.05, 0.1) is 0 Å². The summed E-state index contributed by atoms with van der Waals surface area (Å²) in [5.41, 5.74) is 3.61. The maximum Gasteiger partial charge on any atom is 0.268 e. The molecule has 0 fully saturated rings. The molecular weight excluding hydrogens is 226 g/mol. The number of nitrogens with one attached hydrogen (secondary N) is 1. The molecule has 1 aromatic rings. The summed E-state index contributed by atoms with van der Waals surface area (Å²) in [4.78, 5) is 17.1. The number of anilines is 1. The first-order valence-corrected chi connectivity index (χ1v) is 4.97. The summed E-state index contributed by atoms with van der Waals surface area (Å²) in [5.74, 6) is 0.616. The highest BCUT2D eigenvalue weighted by atomic mass is 35.5. The van der Waals surface area contributed by atoms with Crippen molar-refractivity contribution in [1.29, 1.82) is 0 Å². The third kappa shape index (κ3) is 1.46. The Labute approximate surface area is 99.8 Å². The van der Waals surface area contributed by atoms with Gasteiger partial charge in [-0.3, -0.25) is 4.79 Å². The molecule has 0 saturated carbocycles. The van der Waals surface area contributed by atoms with Crippen LogP contribution in [0, 0.1) is 6.92 Å². The van der Waals surface area contributed by atoms with E-state index in [-0.39, 0.29) is 18.3 Å². The molecule has 2 aliphatic rings.